The Balaban J connectivity index is 1.93. The molecule has 114 valence electrons. The van der Waals surface area contributed by atoms with Crippen LogP contribution in [0.5, 0.6) is 0 Å². The van der Waals surface area contributed by atoms with E-state index in [1.807, 2.05) is 41.5 Å². The quantitative estimate of drug-likeness (QED) is 0.575. The minimum Gasteiger partial charge on any atom is -0.247 e. The van der Waals surface area contributed by atoms with Gasteiger partial charge in [0.25, 0.3) is 0 Å². The minimum absolute atomic E-state index is 0.265. The van der Waals surface area contributed by atoms with E-state index >= 15 is 0 Å². The Kier molecular flexibility index (Phi) is 3.64. The summed E-state index contributed by atoms with van der Waals surface area (Å²) in [5.41, 5.74) is -1.06. The standard InChI is InChI=1S/C16H26O4/c1-9-7-10(2)15(9,5)13(17)19-20-14(18)16(6)11(3)8-12(16)4/h9-12H,7-8H2,1-6H3. The summed E-state index contributed by atoms with van der Waals surface area (Å²) in [4.78, 5) is 34.1. The predicted molar refractivity (Wildman–Crippen MR) is 74.3 cm³/mol. The molecule has 20 heavy (non-hydrogen) atoms. The topological polar surface area (TPSA) is 52.6 Å². The van der Waals surface area contributed by atoms with E-state index in [9.17, 15) is 9.59 Å². The van der Waals surface area contributed by atoms with E-state index < -0.39 is 22.8 Å². The highest BCUT2D eigenvalue weighted by Gasteiger charge is 2.56. The molecule has 0 radical (unpaired) electrons. The zero-order valence-electron chi connectivity index (χ0n) is 13.4. The van der Waals surface area contributed by atoms with Crippen molar-refractivity contribution >= 4 is 11.9 Å². The molecule has 4 heteroatoms. The molecular weight excluding hydrogens is 256 g/mol. The van der Waals surface area contributed by atoms with Crippen molar-refractivity contribution < 1.29 is 19.4 Å². The lowest BCUT2D eigenvalue weighted by atomic mass is 9.55. The normalized spacial score (nSPS) is 46.9. The van der Waals surface area contributed by atoms with Gasteiger partial charge in [0.2, 0.25) is 0 Å². The number of carbonyl (C=O) groups is 2. The van der Waals surface area contributed by atoms with Crippen molar-refractivity contribution in [2.75, 3.05) is 0 Å². The fraction of sp³-hybridized carbons (Fsp3) is 0.875. The monoisotopic (exact) mass is 282 g/mol. The molecule has 0 aliphatic heterocycles. The van der Waals surface area contributed by atoms with Gasteiger partial charge in [-0.2, -0.15) is 0 Å². The molecule has 0 spiro atoms. The van der Waals surface area contributed by atoms with Gasteiger partial charge in [-0.25, -0.2) is 19.4 Å². The molecule has 0 amide bonds. The molecule has 4 atom stereocenters. The van der Waals surface area contributed by atoms with Crippen LogP contribution in [0.15, 0.2) is 0 Å². The molecule has 0 heterocycles. The van der Waals surface area contributed by atoms with Crippen LogP contribution in [0, 0.1) is 34.5 Å². The molecule has 0 saturated heterocycles. The fourth-order valence-electron chi connectivity index (χ4n) is 3.75. The van der Waals surface area contributed by atoms with Gasteiger partial charge in [0.1, 0.15) is 0 Å². The smallest absolute Gasteiger partial charge is 0.247 e. The summed E-state index contributed by atoms with van der Waals surface area (Å²) in [6, 6.07) is 0. The first-order chi connectivity index (χ1) is 9.15. The Morgan fingerprint density at radius 1 is 0.750 bits per heavy atom. The Morgan fingerprint density at radius 2 is 1.00 bits per heavy atom. The van der Waals surface area contributed by atoms with Crippen LogP contribution in [0.25, 0.3) is 0 Å². The largest absolute Gasteiger partial charge is 0.361 e. The van der Waals surface area contributed by atoms with E-state index in [0.717, 1.165) is 12.8 Å². The van der Waals surface area contributed by atoms with Crippen molar-refractivity contribution in [1.29, 1.82) is 0 Å². The molecule has 2 aliphatic rings. The van der Waals surface area contributed by atoms with Crippen LogP contribution in [0.1, 0.15) is 54.4 Å². The van der Waals surface area contributed by atoms with E-state index in [4.69, 9.17) is 9.78 Å². The van der Waals surface area contributed by atoms with Crippen LogP contribution in [-0.2, 0) is 19.4 Å². The first kappa shape index (κ1) is 15.3. The Labute approximate surface area is 121 Å². The fourth-order valence-corrected chi connectivity index (χ4v) is 3.75. The zero-order valence-corrected chi connectivity index (χ0v) is 13.4. The maximum Gasteiger partial charge on any atom is 0.361 e. The summed E-state index contributed by atoms with van der Waals surface area (Å²) in [6.07, 6.45) is 2.01. The van der Waals surface area contributed by atoms with Crippen molar-refractivity contribution in [2.24, 2.45) is 34.5 Å². The SMILES string of the molecule is CC1CC(C)C1(C)C(=O)OOC(=O)C1(C)C(C)CC1C. The van der Waals surface area contributed by atoms with Gasteiger partial charge in [0.05, 0.1) is 10.8 Å². The first-order valence-electron chi connectivity index (χ1n) is 7.58. The molecule has 0 N–H and O–H groups in total. The summed E-state index contributed by atoms with van der Waals surface area (Å²) in [7, 11) is 0. The van der Waals surface area contributed by atoms with Gasteiger partial charge < -0.3 is 0 Å². The van der Waals surface area contributed by atoms with Crippen LogP contribution in [-0.4, -0.2) is 11.9 Å². The Bertz CT molecular complexity index is 372. The second-order valence-electron chi connectivity index (χ2n) is 7.38. The highest BCUT2D eigenvalue weighted by molar-refractivity contribution is 5.81. The molecule has 2 rings (SSSR count). The highest BCUT2D eigenvalue weighted by atomic mass is 17.2. The third-order valence-electron chi connectivity index (χ3n) is 6.58. The maximum atomic E-state index is 12.2. The highest BCUT2D eigenvalue weighted by Crippen LogP contribution is 2.53. The van der Waals surface area contributed by atoms with Gasteiger partial charge in [-0.1, -0.05) is 27.7 Å². The van der Waals surface area contributed by atoms with Crippen molar-refractivity contribution in [3.05, 3.63) is 0 Å². The minimum atomic E-state index is -0.530. The molecule has 0 aromatic carbocycles. The summed E-state index contributed by atoms with van der Waals surface area (Å²) in [5.74, 6) is 0.226. The Morgan fingerprint density at radius 3 is 1.20 bits per heavy atom. The van der Waals surface area contributed by atoms with E-state index in [2.05, 4.69) is 0 Å². The third kappa shape index (κ3) is 1.87. The van der Waals surface area contributed by atoms with Crippen molar-refractivity contribution in [2.45, 2.75) is 54.4 Å². The van der Waals surface area contributed by atoms with Gasteiger partial charge >= 0.3 is 11.9 Å². The van der Waals surface area contributed by atoms with Gasteiger partial charge in [-0.15, -0.1) is 0 Å². The lowest BCUT2D eigenvalue weighted by Gasteiger charge is -2.49. The van der Waals surface area contributed by atoms with E-state index in [-0.39, 0.29) is 23.7 Å². The van der Waals surface area contributed by atoms with Crippen LogP contribution in [0.2, 0.25) is 0 Å². The molecule has 0 aromatic heterocycles. The van der Waals surface area contributed by atoms with E-state index in [1.54, 1.807) is 0 Å². The molecular formula is C16H26O4. The molecule has 2 saturated carbocycles. The molecule has 4 nitrogen and oxygen atoms in total. The van der Waals surface area contributed by atoms with Crippen LogP contribution >= 0.6 is 0 Å². The summed E-state index contributed by atoms with van der Waals surface area (Å²) in [6.45, 7) is 11.9. The second kappa shape index (κ2) is 4.74. The van der Waals surface area contributed by atoms with E-state index in [1.165, 1.54) is 0 Å². The van der Waals surface area contributed by atoms with Crippen LogP contribution in [0.4, 0.5) is 0 Å². The third-order valence-corrected chi connectivity index (χ3v) is 6.58. The molecule has 2 fully saturated rings. The lowest BCUT2D eigenvalue weighted by Crippen LogP contribution is -2.53. The first-order valence-corrected chi connectivity index (χ1v) is 7.58. The second-order valence-corrected chi connectivity index (χ2v) is 7.38. The number of hydrogen-bond acceptors (Lipinski definition) is 4. The molecule has 0 bridgehead atoms. The van der Waals surface area contributed by atoms with Crippen LogP contribution < -0.4 is 0 Å². The van der Waals surface area contributed by atoms with Gasteiger partial charge in [-0.05, 0) is 50.4 Å². The number of rotatable bonds is 2. The maximum absolute atomic E-state index is 12.2. The Hall–Kier alpha value is -1.06. The van der Waals surface area contributed by atoms with Crippen molar-refractivity contribution in [3.8, 4) is 0 Å². The molecule has 2 aliphatic carbocycles. The number of carbonyl (C=O) groups excluding carboxylic acids is 2. The summed E-state index contributed by atoms with van der Waals surface area (Å²) in [5, 5.41) is 0. The lowest BCUT2D eigenvalue weighted by molar-refractivity contribution is -0.287. The molecule has 0 aromatic rings. The van der Waals surface area contributed by atoms with E-state index in [0.29, 0.717) is 0 Å². The molecule has 4 unspecified atom stereocenters. The average Bonchev–Trinajstić information content (AvgIpc) is 2.42. The summed E-state index contributed by atoms with van der Waals surface area (Å²) >= 11 is 0. The van der Waals surface area contributed by atoms with Gasteiger partial charge in [-0.3, -0.25) is 0 Å². The number of hydrogen-bond donors (Lipinski definition) is 0. The van der Waals surface area contributed by atoms with Crippen molar-refractivity contribution in [1.82, 2.24) is 0 Å². The summed E-state index contributed by atoms with van der Waals surface area (Å²) < 4.78 is 0. The average molecular weight is 282 g/mol. The van der Waals surface area contributed by atoms with Gasteiger partial charge in [0, 0.05) is 0 Å². The van der Waals surface area contributed by atoms with Crippen molar-refractivity contribution in [3.63, 3.8) is 0 Å². The van der Waals surface area contributed by atoms with Crippen LogP contribution in [0.3, 0.4) is 0 Å². The zero-order chi connectivity index (χ0) is 15.3. The van der Waals surface area contributed by atoms with Gasteiger partial charge in [0.15, 0.2) is 0 Å². The predicted octanol–water partition coefficient (Wildman–Crippen LogP) is 3.35.